The Bertz CT molecular complexity index is 910. The lowest BCUT2D eigenvalue weighted by Crippen LogP contribution is -2.13. The van der Waals surface area contributed by atoms with Gasteiger partial charge in [0.15, 0.2) is 10.8 Å². The number of carbonyl (C=O) groups excluding carboxylic acids is 1. The summed E-state index contributed by atoms with van der Waals surface area (Å²) in [4.78, 5) is 15.7. The summed E-state index contributed by atoms with van der Waals surface area (Å²) in [5, 5.41) is 2.45. The normalized spacial score (nSPS) is 11.4. The van der Waals surface area contributed by atoms with Crippen molar-refractivity contribution in [2.45, 2.75) is 6.18 Å². The van der Waals surface area contributed by atoms with Gasteiger partial charge in [0.2, 0.25) is 0 Å². The molecule has 25 heavy (non-hydrogen) atoms. The van der Waals surface area contributed by atoms with Crippen LogP contribution in [-0.2, 0) is 6.18 Å². The quantitative estimate of drug-likeness (QED) is 0.628. The van der Waals surface area contributed by atoms with Crippen molar-refractivity contribution in [2.24, 2.45) is 0 Å². The SMILES string of the molecule is O=C(Nc1nc(C(F)(F)F)c(-c2ccccc2)s1)c1ccccc1Cl. The summed E-state index contributed by atoms with van der Waals surface area (Å²) in [5.41, 5.74) is -0.488. The van der Waals surface area contributed by atoms with Crippen LogP contribution in [0.25, 0.3) is 10.4 Å². The molecule has 1 aromatic heterocycles. The molecule has 0 saturated heterocycles. The van der Waals surface area contributed by atoms with Gasteiger partial charge in [-0.3, -0.25) is 10.1 Å². The highest BCUT2D eigenvalue weighted by atomic mass is 35.5. The van der Waals surface area contributed by atoms with E-state index in [0.29, 0.717) is 5.56 Å². The van der Waals surface area contributed by atoms with Crippen LogP contribution in [-0.4, -0.2) is 10.9 Å². The molecule has 0 spiro atoms. The van der Waals surface area contributed by atoms with Crippen molar-refractivity contribution in [3.63, 3.8) is 0 Å². The number of thiazole rings is 1. The fraction of sp³-hybridized carbons (Fsp3) is 0.0588. The molecule has 2 aromatic carbocycles. The van der Waals surface area contributed by atoms with Crippen LogP contribution in [0.15, 0.2) is 54.6 Å². The Hall–Kier alpha value is -2.38. The lowest BCUT2D eigenvalue weighted by atomic mass is 10.1. The van der Waals surface area contributed by atoms with Gasteiger partial charge in [0.25, 0.3) is 5.91 Å². The summed E-state index contributed by atoms with van der Waals surface area (Å²) < 4.78 is 39.8. The second-order valence-corrected chi connectivity index (χ2v) is 6.40. The van der Waals surface area contributed by atoms with E-state index in [1.165, 1.54) is 12.1 Å². The topological polar surface area (TPSA) is 42.0 Å². The van der Waals surface area contributed by atoms with Gasteiger partial charge in [-0.15, -0.1) is 0 Å². The first-order chi connectivity index (χ1) is 11.9. The molecule has 0 radical (unpaired) electrons. The average molecular weight is 383 g/mol. The van der Waals surface area contributed by atoms with Crippen LogP contribution in [0.2, 0.25) is 5.02 Å². The number of amides is 1. The van der Waals surface area contributed by atoms with E-state index in [2.05, 4.69) is 10.3 Å². The molecule has 0 aliphatic heterocycles. The number of hydrogen-bond acceptors (Lipinski definition) is 3. The predicted molar refractivity (Wildman–Crippen MR) is 92.0 cm³/mol. The first-order valence-electron chi connectivity index (χ1n) is 7.05. The molecule has 1 amide bonds. The maximum atomic E-state index is 13.3. The van der Waals surface area contributed by atoms with Crippen LogP contribution >= 0.6 is 22.9 Å². The number of benzene rings is 2. The summed E-state index contributed by atoms with van der Waals surface area (Å²) >= 11 is 6.69. The number of anilines is 1. The molecule has 0 unspecified atom stereocenters. The van der Waals surface area contributed by atoms with Crippen molar-refractivity contribution in [3.8, 4) is 10.4 Å². The highest BCUT2D eigenvalue weighted by Crippen LogP contribution is 2.42. The predicted octanol–water partition coefficient (Wildman–Crippen LogP) is 5.73. The maximum Gasteiger partial charge on any atom is 0.434 e. The lowest BCUT2D eigenvalue weighted by molar-refractivity contribution is -0.140. The van der Waals surface area contributed by atoms with Crippen molar-refractivity contribution in [1.29, 1.82) is 0 Å². The zero-order valence-electron chi connectivity index (χ0n) is 12.5. The Balaban J connectivity index is 1.97. The monoisotopic (exact) mass is 382 g/mol. The van der Waals surface area contributed by atoms with Gasteiger partial charge < -0.3 is 0 Å². The van der Waals surface area contributed by atoms with Gasteiger partial charge in [-0.1, -0.05) is 65.4 Å². The number of alkyl halides is 3. The number of halogens is 4. The van der Waals surface area contributed by atoms with Crippen LogP contribution in [0.5, 0.6) is 0 Å². The van der Waals surface area contributed by atoms with Gasteiger partial charge in [0.05, 0.1) is 15.5 Å². The fourth-order valence-corrected chi connectivity index (χ4v) is 3.37. The zero-order chi connectivity index (χ0) is 18.0. The second kappa shape index (κ2) is 6.85. The number of rotatable bonds is 3. The lowest BCUT2D eigenvalue weighted by Gasteiger charge is -2.05. The Morgan fingerprint density at radius 3 is 2.32 bits per heavy atom. The minimum absolute atomic E-state index is 0.0532. The van der Waals surface area contributed by atoms with E-state index in [1.807, 2.05) is 0 Å². The summed E-state index contributed by atoms with van der Waals surface area (Å²) in [7, 11) is 0. The Morgan fingerprint density at radius 1 is 1.04 bits per heavy atom. The largest absolute Gasteiger partial charge is 0.434 e. The molecule has 128 valence electrons. The Labute approximate surface area is 150 Å². The van der Waals surface area contributed by atoms with E-state index in [9.17, 15) is 18.0 Å². The van der Waals surface area contributed by atoms with Crippen molar-refractivity contribution >= 4 is 34.0 Å². The Kier molecular flexibility index (Phi) is 4.78. The summed E-state index contributed by atoms with van der Waals surface area (Å²) in [6, 6.07) is 14.4. The third-order valence-corrected chi connectivity index (χ3v) is 4.62. The molecule has 3 rings (SSSR count). The number of aromatic nitrogens is 1. The maximum absolute atomic E-state index is 13.3. The van der Waals surface area contributed by atoms with Crippen molar-refractivity contribution in [2.75, 3.05) is 5.32 Å². The van der Waals surface area contributed by atoms with Crippen LogP contribution < -0.4 is 5.32 Å². The molecule has 0 fully saturated rings. The van der Waals surface area contributed by atoms with Crippen LogP contribution in [0, 0.1) is 0 Å². The molecular weight excluding hydrogens is 373 g/mol. The number of hydrogen-bond donors (Lipinski definition) is 1. The number of nitrogens with zero attached hydrogens (tertiary/aromatic N) is 1. The summed E-state index contributed by atoms with van der Waals surface area (Å²) in [6.45, 7) is 0. The van der Waals surface area contributed by atoms with Crippen LogP contribution in [0.4, 0.5) is 18.3 Å². The fourth-order valence-electron chi connectivity index (χ4n) is 2.16. The minimum atomic E-state index is -4.63. The standard InChI is InChI=1S/C17H10ClF3N2OS/c18-12-9-5-4-8-11(12)15(24)23-16-22-14(17(19,20)21)13(25-16)10-6-2-1-3-7-10/h1-9H,(H,22,23,24). The molecular formula is C17H10ClF3N2OS. The van der Waals surface area contributed by atoms with Crippen molar-refractivity contribution in [1.82, 2.24) is 4.98 Å². The van der Waals surface area contributed by atoms with Gasteiger partial charge in [-0.05, 0) is 17.7 Å². The molecule has 0 aliphatic rings. The highest BCUT2D eigenvalue weighted by molar-refractivity contribution is 7.19. The third-order valence-electron chi connectivity index (χ3n) is 3.27. The van der Waals surface area contributed by atoms with Crippen LogP contribution in [0.3, 0.4) is 0 Å². The second-order valence-electron chi connectivity index (χ2n) is 4.99. The van der Waals surface area contributed by atoms with Crippen molar-refractivity contribution in [3.05, 3.63) is 70.9 Å². The molecule has 0 bridgehead atoms. The van der Waals surface area contributed by atoms with Crippen LogP contribution in [0.1, 0.15) is 16.1 Å². The van der Waals surface area contributed by atoms with Crippen molar-refractivity contribution < 1.29 is 18.0 Å². The van der Waals surface area contributed by atoms with E-state index in [4.69, 9.17) is 11.6 Å². The van der Waals surface area contributed by atoms with E-state index in [-0.39, 0.29) is 20.6 Å². The first-order valence-corrected chi connectivity index (χ1v) is 8.25. The van der Waals surface area contributed by atoms with E-state index >= 15 is 0 Å². The third kappa shape index (κ3) is 3.83. The van der Waals surface area contributed by atoms with Gasteiger partial charge in [-0.2, -0.15) is 13.2 Å². The highest BCUT2D eigenvalue weighted by Gasteiger charge is 2.38. The summed E-state index contributed by atoms with van der Waals surface area (Å²) in [5.74, 6) is -0.618. The molecule has 3 nitrogen and oxygen atoms in total. The zero-order valence-corrected chi connectivity index (χ0v) is 14.0. The molecule has 0 saturated carbocycles. The molecule has 3 aromatic rings. The van der Waals surface area contributed by atoms with Gasteiger partial charge >= 0.3 is 6.18 Å². The van der Waals surface area contributed by atoms with E-state index in [1.54, 1.807) is 42.5 Å². The van der Waals surface area contributed by atoms with Gasteiger partial charge in [0.1, 0.15) is 0 Å². The van der Waals surface area contributed by atoms with E-state index in [0.717, 1.165) is 11.3 Å². The molecule has 1 heterocycles. The van der Waals surface area contributed by atoms with E-state index < -0.39 is 17.8 Å². The number of nitrogens with one attached hydrogen (secondary N) is 1. The first kappa shape index (κ1) is 17.4. The smallest absolute Gasteiger partial charge is 0.298 e. The molecule has 8 heteroatoms. The molecule has 0 atom stereocenters. The average Bonchev–Trinajstić information content (AvgIpc) is 3.00. The minimum Gasteiger partial charge on any atom is -0.298 e. The number of carbonyl (C=O) groups is 1. The molecule has 1 N–H and O–H groups in total. The Morgan fingerprint density at radius 2 is 1.68 bits per heavy atom. The van der Waals surface area contributed by atoms with Gasteiger partial charge in [-0.25, -0.2) is 4.98 Å². The molecule has 0 aliphatic carbocycles. The summed E-state index contributed by atoms with van der Waals surface area (Å²) in [6.07, 6.45) is -4.63. The van der Waals surface area contributed by atoms with Gasteiger partial charge in [0, 0.05) is 0 Å².